The van der Waals surface area contributed by atoms with Crippen LogP contribution in [0.2, 0.25) is 0 Å². The van der Waals surface area contributed by atoms with E-state index in [1.54, 1.807) is 11.1 Å². The van der Waals surface area contributed by atoms with Gasteiger partial charge in [-0.15, -0.1) is 0 Å². The first-order chi connectivity index (χ1) is 8.95. The second-order valence-corrected chi connectivity index (χ2v) is 5.88. The third kappa shape index (κ3) is 2.63. The molecule has 2 saturated carbocycles. The van der Waals surface area contributed by atoms with Crippen LogP contribution in [0.15, 0.2) is 24.3 Å². The molecule has 2 aliphatic carbocycles. The summed E-state index contributed by atoms with van der Waals surface area (Å²) in [6, 6.07) is 9.21. The molecule has 0 bridgehead atoms. The Morgan fingerprint density at radius 3 is 1.56 bits per heavy atom. The summed E-state index contributed by atoms with van der Waals surface area (Å²) in [5.41, 5.74) is 3.25. The van der Waals surface area contributed by atoms with Crippen molar-refractivity contribution in [3.63, 3.8) is 0 Å². The zero-order valence-corrected chi connectivity index (χ0v) is 11.3. The van der Waals surface area contributed by atoms with Crippen LogP contribution in [0.5, 0.6) is 0 Å². The van der Waals surface area contributed by atoms with Crippen LogP contribution in [0.1, 0.15) is 74.3 Å². The summed E-state index contributed by atoms with van der Waals surface area (Å²) >= 11 is 0. The van der Waals surface area contributed by atoms with E-state index < -0.39 is 0 Å². The highest BCUT2D eigenvalue weighted by molar-refractivity contribution is 5.37. The Hall–Kier alpha value is -0.780. The van der Waals surface area contributed by atoms with Crippen molar-refractivity contribution in [3.8, 4) is 0 Å². The van der Waals surface area contributed by atoms with Crippen molar-refractivity contribution in [1.82, 2.24) is 0 Å². The van der Waals surface area contributed by atoms with Gasteiger partial charge in [0.1, 0.15) is 0 Å². The standard InChI is InChI=1S/C18H24/c1-3-9-15(10-4-1)17-13-7-8-14-18(17)16-11-5-2-6-12-16/h7-9,11,13-16H,1-6,10,12H2. The molecule has 18 heavy (non-hydrogen) atoms. The van der Waals surface area contributed by atoms with Gasteiger partial charge in [-0.05, 0) is 61.5 Å². The predicted octanol–water partition coefficient (Wildman–Crippen LogP) is 5.41. The summed E-state index contributed by atoms with van der Waals surface area (Å²) in [4.78, 5) is 0. The van der Waals surface area contributed by atoms with E-state index in [2.05, 4.69) is 37.1 Å². The summed E-state index contributed by atoms with van der Waals surface area (Å²) in [5.74, 6) is 1.45. The molecule has 2 radical (unpaired) electrons. The molecule has 0 N–H and O–H groups in total. The maximum absolute atomic E-state index is 2.56. The fourth-order valence-corrected chi connectivity index (χ4v) is 3.64. The van der Waals surface area contributed by atoms with Crippen LogP contribution in [0, 0.1) is 12.8 Å². The van der Waals surface area contributed by atoms with E-state index in [9.17, 15) is 0 Å². The smallest absolute Gasteiger partial charge is 0.0128 e. The van der Waals surface area contributed by atoms with Gasteiger partial charge in [0.15, 0.2) is 0 Å². The molecule has 0 aromatic heterocycles. The zero-order valence-electron chi connectivity index (χ0n) is 11.3. The quantitative estimate of drug-likeness (QED) is 0.648. The molecule has 0 nitrogen and oxygen atoms in total. The van der Waals surface area contributed by atoms with Gasteiger partial charge in [0.25, 0.3) is 0 Å². The van der Waals surface area contributed by atoms with E-state index in [1.165, 1.54) is 51.4 Å². The molecule has 0 spiro atoms. The molecule has 0 heteroatoms. The molecule has 0 heterocycles. The van der Waals surface area contributed by atoms with Gasteiger partial charge in [-0.3, -0.25) is 0 Å². The highest BCUT2D eigenvalue weighted by atomic mass is 14.3. The van der Waals surface area contributed by atoms with Crippen LogP contribution in [0.25, 0.3) is 0 Å². The maximum atomic E-state index is 2.56. The van der Waals surface area contributed by atoms with Crippen LogP contribution in [0.4, 0.5) is 0 Å². The largest absolute Gasteiger partial charge is 0.0620 e. The molecule has 2 atom stereocenters. The number of benzene rings is 1. The molecule has 0 aliphatic heterocycles. The Morgan fingerprint density at radius 1 is 0.667 bits per heavy atom. The van der Waals surface area contributed by atoms with Crippen LogP contribution in [-0.4, -0.2) is 0 Å². The first-order valence-corrected chi connectivity index (χ1v) is 7.70. The van der Waals surface area contributed by atoms with Gasteiger partial charge in [-0.25, -0.2) is 0 Å². The Bertz CT molecular complexity index is 330. The average molecular weight is 240 g/mol. The summed E-state index contributed by atoms with van der Waals surface area (Å²) < 4.78 is 0. The van der Waals surface area contributed by atoms with Crippen molar-refractivity contribution in [3.05, 3.63) is 48.2 Å². The third-order valence-electron chi connectivity index (χ3n) is 4.64. The first-order valence-electron chi connectivity index (χ1n) is 7.70. The molecule has 96 valence electrons. The minimum absolute atomic E-state index is 0.727. The molecule has 3 rings (SSSR count). The van der Waals surface area contributed by atoms with E-state index >= 15 is 0 Å². The summed E-state index contributed by atoms with van der Waals surface area (Å²) in [7, 11) is 0. The molecule has 1 aromatic rings. The lowest BCUT2D eigenvalue weighted by atomic mass is 9.76. The Labute approximate surface area is 112 Å². The van der Waals surface area contributed by atoms with Crippen molar-refractivity contribution >= 4 is 0 Å². The lowest BCUT2D eigenvalue weighted by Crippen LogP contribution is -2.12. The fourth-order valence-electron chi connectivity index (χ4n) is 3.64. The Kier molecular flexibility index (Phi) is 4.02. The van der Waals surface area contributed by atoms with Gasteiger partial charge in [-0.1, -0.05) is 49.9 Å². The topological polar surface area (TPSA) is 0 Å². The summed E-state index contributed by atoms with van der Waals surface area (Å²) in [6.45, 7) is 0. The molecular weight excluding hydrogens is 216 g/mol. The molecule has 0 saturated heterocycles. The van der Waals surface area contributed by atoms with Gasteiger partial charge in [-0.2, -0.15) is 0 Å². The minimum atomic E-state index is 0.727. The number of hydrogen-bond donors (Lipinski definition) is 0. The first kappa shape index (κ1) is 12.3. The average Bonchev–Trinajstić information content (AvgIpc) is 2.49. The molecule has 2 fully saturated rings. The monoisotopic (exact) mass is 240 g/mol. The fraction of sp³-hybridized carbons (Fsp3) is 0.556. The Balaban J connectivity index is 1.83. The van der Waals surface area contributed by atoms with Crippen molar-refractivity contribution < 1.29 is 0 Å². The van der Waals surface area contributed by atoms with E-state index in [-0.39, 0.29) is 0 Å². The lowest BCUT2D eigenvalue weighted by Gasteiger charge is -2.29. The van der Waals surface area contributed by atoms with E-state index in [0.29, 0.717) is 0 Å². The summed E-state index contributed by atoms with van der Waals surface area (Å²) in [6.07, 6.45) is 16.1. The van der Waals surface area contributed by atoms with Gasteiger partial charge >= 0.3 is 0 Å². The van der Waals surface area contributed by atoms with E-state index in [1.807, 2.05) is 0 Å². The van der Waals surface area contributed by atoms with Crippen LogP contribution >= 0.6 is 0 Å². The number of hydrogen-bond acceptors (Lipinski definition) is 0. The van der Waals surface area contributed by atoms with Crippen molar-refractivity contribution in [2.75, 3.05) is 0 Å². The second-order valence-electron chi connectivity index (χ2n) is 5.88. The van der Waals surface area contributed by atoms with Crippen LogP contribution < -0.4 is 0 Å². The third-order valence-corrected chi connectivity index (χ3v) is 4.64. The zero-order chi connectivity index (χ0) is 12.2. The van der Waals surface area contributed by atoms with Gasteiger partial charge in [0.05, 0.1) is 0 Å². The molecule has 1 aromatic carbocycles. The summed E-state index contributed by atoms with van der Waals surface area (Å²) in [5, 5.41) is 0. The Morgan fingerprint density at radius 2 is 1.17 bits per heavy atom. The molecule has 2 unspecified atom stereocenters. The normalized spacial score (nSPS) is 23.1. The van der Waals surface area contributed by atoms with E-state index in [4.69, 9.17) is 0 Å². The van der Waals surface area contributed by atoms with Gasteiger partial charge in [0.2, 0.25) is 0 Å². The van der Waals surface area contributed by atoms with Crippen LogP contribution in [-0.2, 0) is 0 Å². The molecule has 2 aliphatic rings. The second kappa shape index (κ2) is 5.91. The van der Waals surface area contributed by atoms with Crippen LogP contribution in [0.3, 0.4) is 0 Å². The molecule has 0 amide bonds. The van der Waals surface area contributed by atoms with Gasteiger partial charge < -0.3 is 0 Å². The van der Waals surface area contributed by atoms with Crippen molar-refractivity contribution in [2.45, 2.75) is 63.2 Å². The predicted molar refractivity (Wildman–Crippen MR) is 77.5 cm³/mol. The SMILES string of the molecule is [CH]1CCCCC1c1ccccc1C1[CH]CCCC1. The highest BCUT2D eigenvalue weighted by Crippen LogP contribution is 2.40. The number of rotatable bonds is 2. The minimum Gasteiger partial charge on any atom is -0.0620 e. The maximum Gasteiger partial charge on any atom is -0.0128 e. The molecular formula is C18H24. The highest BCUT2D eigenvalue weighted by Gasteiger charge is 2.23. The van der Waals surface area contributed by atoms with Crippen molar-refractivity contribution in [1.29, 1.82) is 0 Å². The van der Waals surface area contributed by atoms with E-state index in [0.717, 1.165) is 11.8 Å². The lowest BCUT2D eigenvalue weighted by molar-refractivity contribution is 0.508. The van der Waals surface area contributed by atoms with Crippen molar-refractivity contribution in [2.24, 2.45) is 0 Å². The van der Waals surface area contributed by atoms with Gasteiger partial charge in [0, 0.05) is 0 Å².